The highest BCUT2D eigenvalue weighted by Crippen LogP contribution is 2.32. The lowest BCUT2D eigenvalue weighted by atomic mass is 9.90. The summed E-state index contributed by atoms with van der Waals surface area (Å²) in [7, 11) is 0. The summed E-state index contributed by atoms with van der Waals surface area (Å²) in [6.07, 6.45) is -0.119. The molecule has 1 N–H and O–H groups in total. The molecule has 0 radical (unpaired) electrons. The maximum atomic E-state index is 13.4. The van der Waals surface area contributed by atoms with Crippen LogP contribution in [0.3, 0.4) is 0 Å². The van der Waals surface area contributed by atoms with Gasteiger partial charge in [-0.15, -0.1) is 12.4 Å². The van der Waals surface area contributed by atoms with Crippen molar-refractivity contribution in [2.75, 3.05) is 13.1 Å². The van der Waals surface area contributed by atoms with E-state index in [0.29, 0.717) is 5.92 Å². The molecule has 2 nitrogen and oxygen atoms in total. The van der Waals surface area contributed by atoms with E-state index in [9.17, 15) is 4.39 Å². The van der Waals surface area contributed by atoms with Crippen LogP contribution in [0.2, 0.25) is 5.02 Å². The number of hydrogen-bond donors (Lipinski definition) is 1. The van der Waals surface area contributed by atoms with Gasteiger partial charge in [-0.05, 0) is 42.3 Å². The van der Waals surface area contributed by atoms with Crippen LogP contribution < -0.4 is 10.1 Å². The third-order valence-corrected chi connectivity index (χ3v) is 4.06. The van der Waals surface area contributed by atoms with E-state index in [-0.39, 0.29) is 23.5 Å². The zero-order chi connectivity index (χ0) is 14.8. The second-order valence-electron chi connectivity index (χ2n) is 5.45. The Kier molecular flexibility index (Phi) is 5.68. The van der Waals surface area contributed by atoms with Crippen molar-refractivity contribution in [1.29, 1.82) is 0 Å². The van der Waals surface area contributed by atoms with Crippen LogP contribution in [0.1, 0.15) is 17.2 Å². The predicted molar refractivity (Wildman–Crippen MR) is 89.6 cm³/mol. The molecule has 1 heterocycles. The molecule has 0 bridgehead atoms. The van der Waals surface area contributed by atoms with Crippen molar-refractivity contribution in [2.45, 2.75) is 13.0 Å². The number of aryl methyl sites for hydroxylation is 1. The smallest absolute Gasteiger partial charge is 0.141 e. The molecule has 118 valence electrons. The van der Waals surface area contributed by atoms with E-state index in [4.69, 9.17) is 16.3 Å². The summed E-state index contributed by atoms with van der Waals surface area (Å²) in [6.45, 7) is 3.82. The van der Waals surface area contributed by atoms with Gasteiger partial charge in [-0.25, -0.2) is 4.39 Å². The standard InChI is InChI=1S/C17H17ClFNO.ClH/c1-11-3-2-4-14(7-11)21-17(13-9-20-10-13)12-5-6-16(19)15(18)8-12;/h2-8,13,17,20H,9-10H2,1H3;1H. The Morgan fingerprint density at radius 1 is 1.23 bits per heavy atom. The molecule has 1 fully saturated rings. The Bertz CT molecular complexity index is 646. The minimum Gasteiger partial charge on any atom is -0.485 e. The quantitative estimate of drug-likeness (QED) is 0.880. The van der Waals surface area contributed by atoms with E-state index in [1.165, 1.54) is 6.07 Å². The molecule has 3 rings (SSSR count). The molecule has 0 aromatic heterocycles. The fraction of sp³-hybridized carbons (Fsp3) is 0.294. The minimum atomic E-state index is -0.401. The molecular formula is C17H18Cl2FNO. The van der Waals surface area contributed by atoms with Gasteiger partial charge < -0.3 is 10.1 Å². The molecule has 22 heavy (non-hydrogen) atoms. The summed E-state index contributed by atoms with van der Waals surface area (Å²) in [5.41, 5.74) is 2.06. The molecule has 2 aromatic rings. The molecule has 0 aliphatic carbocycles. The fourth-order valence-electron chi connectivity index (χ4n) is 2.49. The van der Waals surface area contributed by atoms with Crippen molar-refractivity contribution in [3.63, 3.8) is 0 Å². The van der Waals surface area contributed by atoms with Gasteiger partial charge in [0.2, 0.25) is 0 Å². The number of hydrogen-bond acceptors (Lipinski definition) is 2. The Labute approximate surface area is 141 Å². The number of ether oxygens (including phenoxy) is 1. The van der Waals surface area contributed by atoms with Crippen molar-refractivity contribution in [1.82, 2.24) is 5.32 Å². The van der Waals surface area contributed by atoms with Gasteiger partial charge in [-0.1, -0.05) is 29.8 Å². The molecule has 1 aliphatic heterocycles. The van der Waals surface area contributed by atoms with E-state index in [0.717, 1.165) is 30.0 Å². The second-order valence-corrected chi connectivity index (χ2v) is 5.85. The van der Waals surface area contributed by atoms with Crippen molar-refractivity contribution in [3.05, 3.63) is 64.4 Å². The van der Waals surface area contributed by atoms with Crippen molar-refractivity contribution in [3.8, 4) is 5.75 Å². The third-order valence-electron chi connectivity index (χ3n) is 3.77. The first-order chi connectivity index (χ1) is 10.1. The van der Waals surface area contributed by atoms with Crippen LogP contribution in [0, 0.1) is 18.7 Å². The monoisotopic (exact) mass is 341 g/mol. The molecule has 0 amide bonds. The van der Waals surface area contributed by atoms with Crippen LogP contribution in [0.5, 0.6) is 5.75 Å². The van der Waals surface area contributed by atoms with Crippen LogP contribution in [0.15, 0.2) is 42.5 Å². The molecule has 1 saturated heterocycles. The van der Waals surface area contributed by atoms with Crippen LogP contribution in [0.4, 0.5) is 4.39 Å². The highest BCUT2D eigenvalue weighted by atomic mass is 35.5. The first-order valence-corrected chi connectivity index (χ1v) is 7.40. The van der Waals surface area contributed by atoms with Gasteiger partial charge >= 0.3 is 0 Å². The van der Waals surface area contributed by atoms with Gasteiger partial charge in [0.25, 0.3) is 0 Å². The molecular weight excluding hydrogens is 324 g/mol. The van der Waals surface area contributed by atoms with E-state index in [1.54, 1.807) is 12.1 Å². The minimum absolute atomic E-state index is 0. The summed E-state index contributed by atoms with van der Waals surface area (Å²) in [5, 5.41) is 3.38. The lowest BCUT2D eigenvalue weighted by molar-refractivity contribution is 0.0992. The Morgan fingerprint density at radius 2 is 2.00 bits per heavy atom. The molecule has 1 aliphatic rings. The molecule has 2 aromatic carbocycles. The molecule has 1 unspecified atom stereocenters. The van der Waals surface area contributed by atoms with Gasteiger partial charge in [0.1, 0.15) is 17.7 Å². The average molecular weight is 342 g/mol. The highest BCUT2D eigenvalue weighted by Gasteiger charge is 2.30. The van der Waals surface area contributed by atoms with Gasteiger partial charge in [0.15, 0.2) is 0 Å². The Balaban J connectivity index is 0.00000176. The molecule has 0 spiro atoms. The number of benzene rings is 2. The highest BCUT2D eigenvalue weighted by molar-refractivity contribution is 6.30. The predicted octanol–water partition coefficient (Wildman–Crippen LogP) is 4.55. The first kappa shape index (κ1) is 17.1. The van der Waals surface area contributed by atoms with Crippen LogP contribution >= 0.6 is 24.0 Å². The average Bonchev–Trinajstić information content (AvgIpc) is 2.39. The Hall–Kier alpha value is -1.29. The van der Waals surface area contributed by atoms with E-state index in [2.05, 4.69) is 5.32 Å². The SMILES string of the molecule is Cc1cccc(OC(c2ccc(F)c(Cl)c2)C2CNC2)c1.Cl. The van der Waals surface area contributed by atoms with E-state index < -0.39 is 5.82 Å². The number of rotatable bonds is 4. The number of nitrogens with one attached hydrogen (secondary N) is 1. The van der Waals surface area contributed by atoms with Crippen molar-refractivity contribution >= 4 is 24.0 Å². The summed E-state index contributed by atoms with van der Waals surface area (Å²) in [6, 6.07) is 12.8. The summed E-state index contributed by atoms with van der Waals surface area (Å²) in [4.78, 5) is 0. The van der Waals surface area contributed by atoms with Crippen LogP contribution in [0.25, 0.3) is 0 Å². The second kappa shape index (κ2) is 7.32. The van der Waals surface area contributed by atoms with Crippen molar-refractivity contribution in [2.24, 2.45) is 5.92 Å². The van der Waals surface area contributed by atoms with Gasteiger partial charge in [0.05, 0.1) is 5.02 Å². The van der Waals surface area contributed by atoms with Crippen molar-refractivity contribution < 1.29 is 9.13 Å². The Morgan fingerprint density at radius 3 is 2.59 bits per heavy atom. The zero-order valence-corrected chi connectivity index (χ0v) is 13.8. The molecule has 0 saturated carbocycles. The van der Waals surface area contributed by atoms with Gasteiger partial charge in [-0.3, -0.25) is 0 Å². The largest absolute Gasteiger partial charge is 0.485 e. The molecule has 1 atom stereocenters. The maximum absolute atomic E-state index is 13.4. The first-order valence-electron chi connectivity index (χ1n) is 7.02. The van der Waals surface area contributed by atoms with Crippen LogP contribution in [-0.4, -0.2) is 13.1 Å². The summed E-state index contributed by atoms with van der Waals surface area (Å²) in [5.74, 6) is 0.792. The number of halogens is 3. The lowest BCUT2D eigenvalue weighted by Gasteiger charge is -2.35. The normalized spacial score (nSPS) is 15.6. The maximum Gasteiger partial charge on any atom is 0.141 e. The fourth-order valence-corrected chi connectivity index (χ4v) is 2.68. The summed E-state index contributed by atoms with van der Waals surface area (Å²) >= 11 is 5.91. The van der Waals surface area contributed by atoms with Crippen LogP contribution in [-0.2, 0) is 0 Å². The van der Waals surface area contributed by atoms with Gasteiger partial charge in [0, 0.05) is 19.0 Å². The van der Waals surface area contributed by atoms with E-state index in [1.807, 2.05) is 31.2 Å². The molecule has 5 heteroatoms. The van der Waals surface area contributed by atoms with Gasteiger partial charge in [-0.2, -0.15) is 0 Å². The zero-order valence-electron chi connectivity index (χ0n) is 12.2. The third kappa shape index (κ3) is 3.72. The lowest BCUT2D eigenvalue weighted by Crippen LogP contribution is -2.46. The summed E-state index contributed by atoms with van der Waals surface area (Å²) < 4.78 is 19.5. The topological polar surface area (TPSA) is 21.3 Å². The van der Waals surface area contributed by atoms with E-state index >= 15 is 0 Å².